The van der Waals surface area contributed by atoms with Crippen molar-refractivity contribution in [2.75, 3.05) is 9.80 Å². The highest BCUT2D eigenvalue weighted by Gasteiger charge is 2.25. The van der Waals surface area contributed by atoms with Gasteiger partial charge in [-0.2, -0.15) is 0 Å². The number of hydrogen-bond donors (Lipinski definition) is 0. The summed E-state index contributed by atoms with van der Waals surface area (Å²) in [7, 11) is 0. The Hall–Kier alpha value is -6.12. The maximum atomic E-state index is 2.42. The average Bonchev–Trinajstić information content (AvgIpc) is 3.13. The molecule has 252 valence electrons. The van der Waals surface area contributed by atoms with Crippen LogP contribution in [0.4, 0.5) is 34.1 Å². The van der Waals surface area contributed by atoms with Crippen LogP contribution in [-0.2, 0) is 0 Å². The molecule has 0 aliphatic heterocycles. The second-order valence-electron chi connectivity index (χ2n) is 14.7. The monoisotopic (exact) mass is 670 g/mol. The SMILES string of the molecule is Cc1ccc(N(c2ccc3cc4c(cc3c2)-c2cc3ccc(N(c5ccccc5C)c5ccc(C)cc5C)cc3cc2-4)c2ccccc2C)c(C)c1. The molecule has 9 rings (SSSR count). The first-order valence-electron chi connectivity index (χ1n) is 18.3. The minimum Gasteiger partial charge on any atom is -0.310 e. The molecule has 0 bridgehead atoms. The molecular formula is C50H42N2. The van der Waals surface area contributed by atoms with Crippen LogP contribution < -0.4 is 9.80 Å². The van der Waals surface area contributed by atoms with Crippen LogP contribution in [-0.4, -0.2) is 0 Å². The fourth-order valence-corrected chi connectivity index (χ4v) is 8.23. The quantitative estimate of drug-likeness (QED) is 0.174. The first-order chi connectivity index (χ1) is 25.2. The van der Waals surface area contributed by atoms with Gasteiger partial charge in [-0.15, -0.1) is 0 Å². The van der Waals surface area contributed by atoms with Gasteiger partial charge in [0, 0.05) is 34.1 Å². The van der Waals surface area contributed by atoms with Gasteiger partial charge in [-0.3, -0.25) is 0 Å². The summed E-state index contributed by atoms with van der Waals surface area (Å²) in [5, 5.41) is 5.02. The maximum absolute atomic E-state index is 2.42. The second kappa shape index (κ2) is 12.3. The third-order valence-electron chi connectivity index (χ3n) is 10.9. The van der Waals surface area contributed by atoms with Crippen molar-refractivity contribution < 1.29 is 0 Å². The highest BCUT2D eigenvalue weighted by molar-refractivity contribution is 6.12. The van der Waals surface area contributed by atoms with Crippen LogP contribution in [0.2, 0.25) is 0 Å². The molecule has 0 N–H and O–H groups in total. The second-order valence-corrected chi connectivity index (χ2v) is 14.7. The summed E-state index contributed by atoms with van der Waals surface area (Å²) in [6.45, 7) is 13.1. The van der Waals surface area contributed by atoms with Gasteiger partial charge in [-0.25, -0.2) is 0 Å². The number of nitrogens with zero attached hydrogens (tertiary/aromatic N) is 2. The Bertz CT molecular complexity index is 2510. The van der Waals surface area contributed by atoms with Gasteiger partial charge >= 0.3 is 0 Å². The van der Waals surface area contributed by atoms with Crippen molar-refractivity contribution in [2.45, 2.75) is 41.5 Å². The number of fused-ring (bicyclic) bond motifs is 6. The molecular weight excluding hydrogens is 629 g/mol. The van der Waals surface area contributed by atoms with E-state index in [9.17, 15) is 0 Å². The zero-order chi connectivity index (χ0) is 35.7. The first-order valence-corrected chi connectivity index (χ1v) is 18.3. The lowest BCUT2D eigenvalue weighted by molar-refractivity contribution is 1.22. The van der Waals surface area contributed by atoms with Gasteiger partial charge in [0.2, 0.25) is 0 Å². The minimum atomic E-state index is 1.17. The van der Waals surface area contributed by atoms with Crippen LogP contribution in [0, 0.1) is 41.5 Å². The summed E-state index contributed by atoms with van der Waals surface area (Å²) in [6, 6.07) is 54.3. The molecule has 0 heterocycles. The molecule has 0 radical (unpaired) electrons. The fraction of sp³-hybridized carbons (Fsp3) is 0.120. The van der Waals surface area contributed by atoms with Crippen LogP contribution in [0.1, 0.15) is 33.4 Å². The van der Waals surface area contributed by atoms with Crippen LogP contribution in [0.25, 0.3) is 43.8 Å². The van der Waals surface area contributed by atoms with Crippen LogP contribution in [0.5, 0.6) is 0 Å². The summed E-state index contributed by atoms with van der Waals surface area (Å²) < 4.78 is 0. The van der Waals surface area contributed by atoms with E-state index in [0.717, 1.165) is 0 Å². The normalized spacial score (nSPS) is 11.7. The summed E-state index contributed by atoms with van der Waals surface area (Å²) >= 11 is 0. The van der Waals surface area contributed by atoms with Crippen LogP contribution in [0.3, 0.4) is 0 Å². The predicted octanol–water partition coefficient (Wildman–Crippen LogP) is 14.4. The molecule has 0 atom stereocenters. The van der Waals surface area contributed by atoms with E-state index in [-0.39, 0.29) is 0 Å². The Labute approximate surface area is 307 Å². The number of para-hydroxylation sites is 2. The Balaban J connectivity index is 1.13. The number of aryl methyl sites for hydroxylation is 6. The van der Waals surface area contributed by atoms with Crippen molar-refractivity contribution in [3.05, 3.63) is 179 Å². The van der Waals surface area contributed by atoms with Gasteiger partial charge in [0.15, 0.2) is 0 Å². The van der Waals surface area contributed by atoms with E-state index in [1.165, 1.54) is 111 Å². The van der Waals surface area contributed by atoms with E-state index >= 15 is 0 Å². The molecule has 0 saturated carbocycles. The molecule has 0 amide bonds. The molecule has 2 nitrogen and oxygen atoms in total. The molecule has 0 saturated heterocycles. The molecule has 8 aromatic rings. The predicted molar refractivity (Wildman–Crippen MR) is 224 cm³/mol. The van der Waals surface area contributed by atoms with Crippen molar-refractivity contribution in [1.82, 2.24) is 0 Å². The van der Waals surface area contributed by atoms with Crippen LogP contribution in [0.15, 0.2) is 146 Å². The summed E-state index contributed by atoms with van der Waals surface area (Å²) in [6.07, 6.45) is 0. The smallest absolute Gasteiger partial charge is 0.0491 e. The van der Waals surface area contributed by atoms with Crippen LogP contribution >= 0.6 is 0 Å². The van der Waals surface area contributed by atoms with Gasteiger partial charge in [-0.1, -0.05) is 83.9 Å². The highest BCUT2D eigenvalue weighted by Crippen LogP contribution is 2.51. The van der Waals surface area contributed by atoms with E-state index in [1.807, 2.05) is 0 Å². The van der Waals surface area contributed by atoms with Gasteiger partial charge in [0.05, 0.1) is 0 Å². The van der Waals surface area contributed by atoms with Gasteiger partial charge in [0.1, 0.15) is 0 Å². The topological polar surface area (TPSA) is 6.48 Å². The molecule has 8 aromatic carbocycles. The van der Waals surface area contributed by atoms with Crippen molar-refractivity contribution in [1.29, 1.82) is 0 Å². The molecule has 0 fully saturated rings. The highest BCUT2D eigenvalue weighted by atomic mass is 15.2. The molecule has 1 aliphatic rings. The summed E-state index contributed by atoms with van der Waals surface area (Å²) in [5.74, 6) is 0. The zero-order valence-corrected chi connectivity index (χ0v) is 30.8. The van der Waals surface area contributed by atoms with Crippen molar-refractivity contribution >= 4 is 55.7 Å². The summed E-state index contributed by atoms with van der Waals surface area (Å²) in [5.41, 5.74) is 20.1. The Kier molecular flexibility index (Phi) is 7.52. The minimum absolute atomic E-state index is 1.17. The van der Waals surface area contributed by atoms with Gasteiger partial charge < -0.3 is 9.80 Å². The number of hydrogen-bond acceptors (Lipinski definition) is 2. The average molecular weight is 671 g/mol. The van der Waals surface area contributed by atoms with Crippen molar-refractivity contribution in [2.24, 2.45) is 0 Å². The molecule has 0 aromatic heterocycles. The number of benzene rings is 8. The fourth-order valence-electron chi connectivity index (χ4n) is 8.23. The first kappa shape index (κ1) is 31.8. The lowest BCUT2D eigenvalue weighted by Gasteiger charge is -2.30. The van der Waals surface area contributed by atoms with E-state index in [2.05, 4.69) is 197 Å². The van der Waals surface area contributed by atoms with Gasteiger partial charge in [-0.05, 0) is 180 Å². The van der Waals surface area contributed by atoms with E-state index < -0.39 is 0 Å². The third-order valence-corrected chi connectivity index (χ3v) is 10.9. The standard InChI is InChI=1S/C50H42N2/c1-31-15-21-49(35(5)23-31)51(47-13-9-7-11-33(47)3)41-19-17-37-27-43-45(29-39(37)25-41)44-28-38-18-20-42(26-40(38)30-46(43)44)52(48-14-10-8-12-34(48)4)50-22-16-32(2)24-36(50)6/h7-30H,1-6H3. The molecule has 52 heavy (non-hydrogen) atoms. The lowest BCUT2D eigenvalue weighted by Crippen LogP contribution is -2.13. The molecule has 0 spiro atoms. The van der Waals surface area contributed by atoms with E-state index in [1.54, 1.807) is 0 Å². The lowest BCUT2D eigenvalue weighted by atomic mass is 9.78. The molecule has 0 unspecified atom stereocenters. The number of anilines is 6. The van der Waals surface area contributed by atoms with E-state index in [4.69, 9.17) is 0 Å². The molecule has 2 heteroatoms. The Morgan fingerprint density at radius 2 is 0.654 bits per heavy atom. The molecule has 1 aliphatic carbocycles. The summed E-state index contributed by atoms with van der Waals surface area (Å²) in [4.78, 5) is 4.83. The van der Waals surface area contributed by atoms with E-state index in [0.29, 0.717) is 0 Å². The Morgan fingerprint density at radius 1 is 0.288 bits per heavy atom. The van der Waals surface area contributed by atoms with Crippen molar-refractivity contribution in [3.63, 3.8) is 0 Å². The van der Waals surface area contributed by atoms with Crippen molar-refractivity contribution in [3.8, 4) is 22.3 Å². The largest absolute Gasteiger partial charge is 0.310 e. The third kappa shape index (κ3) is 5.26. The number of rotatable bonds is 6. The van der Waals surface area contributed by atoms with Gasteiger partial charge in [0.25, 0.3) is 0 Å². The maximum Gasteiger partial charge on any atom is 0.0491 e. The Morgan fingerprint density at radius 3 is 1.04 bits per heavy atom. The zero-order valence-electron chi connectivity index (χ0n) is 30.8.